The van der Waals surface area contributed by atoms with Gasteiger partial charge < -0.3 is 0 Å². The van der Waals surface area contributed by atoms with E-state index in [4.69, 9.17) is 0 Å². The fourth-order valence-corrected chi connectivity index (χ4v) is 9.13. The molecule has 0 atom stereocenters. The first kappa shape index (κ1) is 10.9. The summed E-state index contributed by atoms with van der Waals surface area (Å²) >= 11 is -0.419. The molecule has 10 heavy (non-hydrogen) atoms. The van der Waals surface area contributed by atoms with Crippen LogP contribution < -0.4 is 0 Å². The van der Waals surface area contributed by atoms with Gasteiger partial charge in [-0.15, -0.1) is 0 Å². The van der Waals surface area contributed by atoms with E-state index < -0.39 is 24.6 Å². The van der Waals surface area contributed by atoms with Crippen LogP contribution in [-0.2, 0) is 24.6 Å². The third-order valence-corrected chi connectivity index (χ3v) is 15.0. The number of hydrogen-bond acceptors (Lipinski definition) is 0. The van der Waals surface area contributed by atoms with Gasteiger partial charge in [-0.25, -0.2) is 0 Å². The molecule has 0 unspecified atom stereocenters. The fraction of sp³-hybridized carbons (Fsp3) is 1.00. The Balaban J connectivity index is 3.21. The molecule has 0 fully saturated rings. The van der Waals surface area contributed by atoms with E-state index in [1.54, 1.807) is 7.86 Å². The van der Waals surface area contributed by atoms with Crippen LogP contribution in [0.5, 0.6) is 0 Å². The Hall–Kier alpha value is 0.935. The monoisotopic (exact) mass is 330 g/mol. The summed E-state index contributed by atoms with van der Waals surface area (Å²) in [4.78, 5) is 0. The maximum absolute atomic E-state index is 2.37. The van der Waals surface area contributed by atoms with E-state index in [9.17, 15) is 0 Å². The molecule has 0 amide bonds. The third-order valence-electron chi connectivity index (χ3n) is 1.71. The zero-order valence-corrected chi connectivity index (χ0v) is 13.7. The van der Waals surface area contributed by atoms with Gasteiger partial charge in [0.1, 0.15) is 0 Å². The average molecular weight is 329 g/mol. The van der Waals surface area contributed by atoms with Gasteiger partial charge in [-0.2, -0.15) is 0 Å². The first-order chi connectivity index (χ1) is 4.42. The van der Waals surface area contributed by atoms with Crippen molar-refractivity contribution in [2.75, 3.05) is 0 Å². The van der Waals surface area contributed by atoms with E-state index in [2.05, 4.69) is 34.6 Å². The second kappa shape index (κ2) is 4.74. The van der Waals surface area contributed by atoms with Crippen molar-refractivity contribution >= 4 is 0 Å². The summed E-state index contributed by atoms with van der Waals surface area (Å²) in [7, 11) is 0. The van der Waals surface area contributed by atoms with Crippen molar-refractivity contribution in [3.05, 3.63) is 0 Å². The van der Waals surface area contributed by atoms with Crippen molar-refractivity contribution in [1.82, 2.24) is 0 Å². The normalized spacial score (nSPS) is 11.8. The summed E-state index contributed by atoms with van der Waals surface area (Å²) in [5.41, 5.74) is 0.635. The molecule has 0 N–H and O–H groups in total. The van der Waals surface area contributed by atoms with Crippen LogP contribution in [0.1, 0.15) is 34.6 Å². The first-order valence-electron chi connectivity index (χ1n) is 4.42. The summed E-state index contributed by atoms with van der Waals surface area (Å²) in [6, 6.07) is 0. The summed E-state index contributed by atoms with van der Waals surface area (Å²) < 4.78 is 3.20. The molecular formula is C9H20Hg. The second-order valence-electron chi connectivity index (χ2n) is 4.85. The van der Waals surface area contributed by atoms with Gasteiger partial charge in [0.05, 0.1) is 0 Å². The van der Waals surface area contributed by atoms with Crippen LogP contribution in [0.2, 0.25) is 7.86 Å². The van der Waals surface area contributed by atoms with E-state index >= 15 is 0 Å². The molecule has 58 valence electrons. The Kier molecular flexibility index (Phi) is 5.18. The molecular weight excluding hydrogens is 309 g/mol. The fourth-order valence-electron chi connectivity index (χ4n) is 1.04. The molecule has 1 heteroatoms. The van der Waals surface area contributed by atoms with Crippen molar-refractivity contribution in [2.24, 2.45) is 11.3 Å². The van der Waals surface area contributed by atoms with E-state index in [1.165, 1.54) is 0 Å². The van der Waals surface area contributed by atoms with Crippen molar-refractivity contribution in [3.8, 4) is 0 Å². The minimum atomic E-state index is -0.419. The van der Waals surface area contributed by atoms with Gasteiger partial charge in [-0.3, -0.25) is 0 Å². The van der Waals surface area contributed by atoms with E-state index in [1.807, 2.05) is 0 Å². The first-order valence-corrected chi connectivity index (χ1v) is 12.2. The Morgan fingerprint density at radius 2 is 1.70 bits per heavy atom. The van der Waals surface area contributed by atoms with Crippen LogP contribution in [0.4, 0.5) is 0 Å². The summed E-state index contributed by atoms with van der Waals surface area (Å²) in [6.45, 7) is 11.8. The standard InChI is InChI=1S/C5H11.C4H9.Hg/c1-5(2,3)4;1-4(2)3;/h1H2,2-4H3;4H,1H2,2-3H3;. The predicted octanol–water partition coefficient (Wildman–Crippen LogP) is 3.61. The molecule has 0 aliphatic heterocycles. The molecule has 0 aliphatic carbocycles. The Labute approximate surface area is 78.2 Å². The summed E-state index contributed by atoms with van der Waals surface area (Å²) in [5, 5.41) is 0. The van der Waals surface area contributed by atoms with Crippen LogP contribution >= 0.6 is 0 Å². The van der Waals surface area contributed by atoms with Gasteiger partial charge in [0.15, 0.2) is 0 Å². The van der Waals surface area contributed by atoms with Gasteiger partial charge in [0.2, 0.25) is 0 Å². The summed E-state index contributed by atoms with van der Waals surface area (Å²) in [6.07, 6.45) is 0. The topological polar surface area (TPSA) is 0 Å². The zero-order chi connectivity index (χ0) is 8.20. The number of hydrogen-bond donors (Lipinski definition) is 0. The Morgan fingerprint density at radius 3 is 2.00 bits per heavy atom. The zero-order valence-electron chi connectivity index (χ0n) is 8.20. The minimum absolute atomic E-state index is 0.419. The molecule has 0 spiro atoms. The molecule has 0 aromatic heterocycles. The second-order valence-corrected chi connectivity index (χ2v) is 11.8. The number of rotatable bonds is 3. The summed E-state index contributed by atoms with van der Waals surface area (Å²) in [5.74, 6) is 0.976. The van der Waals surface area contributed by atoms with Crippen molar-refractivity contribution in [2.45, 2.75) is 42.5 Å². The molecule has 0 saturated heterocycles. The van der Waals surface area contributed by atoms with E-state index in [-0.39, 0.29) is 0 Å². The molecule has 0 nitrogen and oxygen atoms in total. The average Bonchev–Trinajstić information content (AvgIpc) is 1.59. The van der Waals surface area contributed by atoms with Gasteiger partial charge in [-0.1, -0.05) is 0 Å². The van der Waals surface area contributed by atoms with Crippen molar-refractivity contribution in [3.63, 3.8) is 0 Å². The predicted molar refractivity (Wildman–Crippen MR) is 43.9 cm³/mol. The van der Waals surface area contributed by atoms with Crippen LogP contribution in [0.25, 0.3) is 0 Å². The molecule has 0 bridgehead atoms. The third kappa shape index (κ3) is 8.94. The van der Waals surface area contributed by atoms with Gasteiger partial charge >= 0.3 is 78.4 Å². The van der Waals surface area contributed by atoms with E-state index in [0.29, 0.717) is 5.41 Å². The van der Waals surface area contributed by atoms with Gasteiger partial charge in [0.25, 0.3) is 0 Å². The SMILES string of the molecule is CC(C)[CH2][Hg][CH2]C(C)(C)C. The van der Waals surface area contributed by atoms with Crippen LogP contribution in [0.15, 0.2) is 0 Å². The van der Waals surface area contributed by atoms with E-state index in [0.717, 1.165) is 5.92 Å². The van der Waals surface area contributed by atoms with Crippen molar-refractivity contribution < 1.29 is 24.6 Å². The molecule has 0 saturated carbocycles. The van der Waals surface area contributed by atoms with Gasteiger partial charge in [-0.05, 0) is 0 Å². The quantitative estimate of drug-likeness (QED) is 0.694. The van der Waals surface area contributed by atoms with Gasteiger partial charge in [0, 0.05) is 0 Å². The van der Waals surface area contributed by atoms with Crippen molar-refractivity contribution in [1.29, 1.82) is 0 Å². The molecule has 0 aromatic carbocycles. The van der Waals surface area contributed by atoms with Crippen LogP contribution in [0.3, 0.4) is 0 Å². The maximum atomic E-state index is 2.37. The molecule has 0 aliphatic rings. The Morgan fingerprint density at radius 1 is 1.20 bits per heavy atom. The molecule has 0 aromatic rings. The van der Waals surface area contributed by atoms with Crippen LogP contribution in [0, 0.1) is 11.3 Å². The molecule has 0 rings (SSSR count). The molecule has 0 heterocycles. The Bertz CT molecular complexity index is 79.2. The molecule has 0 radical (unpaired) electrons. The van der Waals surface area contributed by atoms with Crippen LogP contribution in [-0.4, -0.2) is 0 Å².